The number of nitrogens with zero attached hydrogens (tertiary/aromatic N) is 1. The second-order valence-electron chi connectivity index (χ2n) is 3.71. The van der Waals surface area contributed by atoms with Crippen molar-refractivity contribution in [3.8, 4) is 0 Å². The van der Waals surface area contributed by atoms with Crippen LogP contribution < -0.4 is 5.43 Å². The topological polar surface area (TPSA) is 24.4 Å². The van der Waals surface area contributed by atoms with Crippen LogP contribution in [0.3, 0.4) is 0 Å². The van der Waals surface area contributed by atoms with Crippen molar-refractivity contribution in [2.75, 3.05) is 0 Å². The molecule has 1 N–H and O–H groups in total. The van der Waals surface area contributed by atoms with Crippen molar-refractivity contribution < 1.29 is 4.39 Å². The summed E-state index contributed by atoms with van der Waals surface area (Å²) in [6.07, 6.45) is 1.39. The number of halogens is 2. The second kappa shape index (κ2) is 6.17. The fourth-order valence-electron chi connectivity index (χ4n) is 1.48. The van der Waals surface area contributed by atoms with Gasteiger partial charge in [0.2, 0.25) is 0 Å². The third kappa shape index (κ3) is 3.31. The van der Waals surface area contributed by atoms with Crippen LogP contribution in [-0.2, 0) is 6.54 Å². The lowest BCUT2D eigenvalue weighted by molar-refractivity contribution is 0.625. The molecule has 0 aromatic heterocycles. The number of hydrazone groups is 1. The highest BCUT2D eigenvalue weighted by Gasteiger charge is 2.02. The van der Waals surface area contributed by atoms with Gasteiger partial charge in [0.15, 0.2) is 0 Å². The molecule has 0 aliphatic carbocycles. The zero-order valence-electron chi connectivity index (χ0n) is 9.61. The van der Waals surface area contributed by atoms with E-state index in [-0.39, 0.29) is 5.82 Å². The third-order valence-corrected chi connectivity index (χ3v) is 2.74. The molecule has 0 bridgehead atoms. The summed E-state index contributed by atoms with van der Waals surface area (Å²) in [5.74, 6) is -0.382. The molecule has 2 aromatic rings. The van der Waals surface area contributed by atoms with Crippen molar-refractivity contribution in [2.24, 2.45) is 5.10 Å². The Balaban J connectivity index is 1.96. The SMILES string of the molecule is Fc1cccc(Cl)c1/C=N\NCc1ccccc1. The molecule has 18 heavy (non-hydrogen) atoms. The first-order chi connectivity index (χ1) is 8.77. The van der Waals surface area contributed by atoms with Gasteiger partial charge in [-0.25, -0.2) is 4.39 Å². The van der Waals surface area contributed by atoms with Gasteiger partial charge in [0.1, 0.15) is 5.82 Å². The van der Waals surface area contributed by atoms with E-state index >= 15 is 0 Å². The summed E-state index contributed by atoms with van der Waals surface area (Å²) in [5.41, 5.74) is 4.25. The molecule has 0 heterocycles. The zero-order valence-corrected chi connectivity index (χ0v) is 10.4. The summed E-state index contributed by atoms with van der Waals surface area (Å²) in [5, 5.41) is 4.31. The molecule has 2 rings (SSSR count). The minimum atomic E-state index is -0.382. The summed E-state index contributed by atoms with van der Waals surface area (Å²) >= 11 is 5.87. The van der Waals surface area contributed by atoms with E-state index < -0.39 is 0 Å². The molecule has 0 aliphatic rings. The monoisotopic (exact) mass is 262 g/mol. The van der Waals surface area contributed by atoms with Crippen LogP contribution in [0.4, 0.5) is 4.39 Å². The highest BCUT2D eigenvalue weighted by molar-refractivity contribution is 6.33. The van der Waals surface area contributed by atoms with Crippen molar-refractivity contribution >= 4 is 17.8 Å². The minimum absolute atomic E-state index is 0.291. The number of hydrogen-bond acceptors (Lipinski definition) is 2. The van der Waals surface area contributed by atoms with Crippen LogP contribution in [0, 0.1) is 5.82 Å². The van der Waals surface area contributed by atoms with Gasteiger partial charge in [-0.05, 0) is 17.7 Å². The highest BCUT2D eigenvalue weighted by atomic mass is 35.5. The van der Waals surface area contributed by atoms with Crippen LogP contribution in [0.2, 0.25) is 5.02 Å². The zero-order chi connectivity index (χ0) is 12.8. The maximum absolute atomic E-state index is 13.4. The Morgan fingerprint density at radius 3 is 2.61 bits per heavy atom. The molecule has 0 atom stereocenters. The lowest BCUT2D eigenvalue weighted by Gasteiger charge is -2.01. The summed E-state index contributed by atoms with van der Waals surface area (Å²) in [4.78, 5) is 0. The van der Waals surface area contributed by atoms with Gasteiger partial charge in [-0.3, -0.25) is 0 Å². The first-order valence-electron chi connectivity index (χ1n) is 5.51. The number of nitrogens with one attached hydrogen (secondary N) is 1. The summed E-state index contributed by atoms with van der Waals surface area (Å²) in [7, 11) is 0. The number of benzene rings is 2. The quantitative estimate of drug-likeness (QED) is 0.661. The molecule has 0 aliphatic heterocycles. The van der Waals surface area contributed by atoms with Gasteiger partial charge in [-0.1, -0.05) is 48.0 Å². The average molecular weight is 263 g/mol. The van der Waals surface area contributed by atoms with Crippen LogP contribution in [-0.4, -0.2) is 6.21 Å². The van der Waals surface area contributed by atoms with Gasteiger partial charge < -0.3 is 5.43 Å². The Labute approximate surface area is 110 Å². The van der Waals surface area contributed by atoms with Crippen molar-refractivity contribution in [1.82, 2.24) is 5.43 Å². The van der Waals surface area contributed by atoms with Crippen molar-refractivity contribution in [2.45, 2.75) is 6.54 Å². The van der Waals surface area contributed by atoms with Crippen LogP contribution in [0.15, 0.2) is 53.6 Å². The van der Waals surface area contributed by atoms with Gasteiger partial charge in [0, 0.05) is 5.56 Å². The second-order valence-corrected chi connectivity index (χ2v) is 4.12. The number of hydrogen-bond donors (Lipinski definition) is 1. The molecule has 0 fully saturated rings. The maximum atomic E-state index is 13.4. The fourth-order valence-corrected chi connectivity index (χ4v) is 1.69. The molecule has 2 aromatic carbocycles. The van der Waals surface area contributed by atoms with Crippen LogP contribution in [0.1, 0.15) is 11.1 Å². The summed E-state index contributed by atoms with van der Waals surface area (Å²) < 4.78 is 13.4. The van der Waals surface area contributed by atoms with E-state index in [9.17, 15) is 4.39 Å². The Morgan fingerprint density at radius 2 is 1.89 bits per heavy atom. The van der Waals surface area contributed by atoms with E-state index in [0.29, 0.717) is 17.1 Å². The number of rotatable bonds is 4. The smallest absolute Gasteiger partial charge is 0.133 e. The summed E-state index contributed by atoms with van der Waals surface area (Å²) in [6.45, 7) is 0.587. The molecule has 0 radical (unpaired) electrons. The van der Waals surface area contributed by atoms with Crippen molar-refractivity contribution in [3.05, 3.63) is 70.5 Å². The van der Waals surface area contributed by atoms with Gasteiger partial charge in [-0.2, -0.15) is 5.10 Å². The van der Waals surface area contributed by atoms with E-state index in [1.165, 1.54) is 12.3 Å². The molecule has 0 saturated carbocycles. The van der Waals surface area contributed by atoms with Gasteiger partial charge in [0.05, 0.1) is 17.8 Å². The van der Waals surface area contributed by atoms with E-state index in [1.54, 1.807) is 12.1 Å². The first-order valence-corrected chi connectivity index (χ1v) is 5.89. The molecule has 0 spiro atoms. The van der Waals surface area contributed by atoms with Gasteiger partial charge >= 0.3 is 0 Å². The fraction of sp³-hybridized carbons (Fsp3) is 0.0714. The highest BCUT2D eigenvalue weighted by Crippen LogP contribution is 2.16. The van der Waals surface area contributed by atoms with Gasteiger partial charge in [-0.15, -0.1) is 0 Å². The molecule has 4 heteroatoms. The maximum Gasteiger partial charge on any atom is 0.133 e. The predicted octanol–water partition coefficient (Wildman–Crippen LogP) is 3.60. The van der Waals surface area contributed by atoms with Crippen LogP contribution >= 0.6 is 11.6 Å². The molecular formula is C14H12ClFN2. The first kappa shape index (κ1) is 12.6. The van der Waals surface area contributed by atoms with E-state index in [2.05, 4.69) is 10.5 Å². The molecule has 0 unspecified atom stereocenters. The van der Waals surface area contributed by atoms with Gasteiger partial charge in [0.25, 0.3) is 0 Å². The van der Waals surface area contributed by atoms with E-state index in [1.807, 2.05) is 30.3 Å². The van der Waals surface area contributed by atoms with Crippen molar-refractivity contribution in [1.29, 1.82) is 0 Å². The summed E-state index contributed by atoms with van der Waals surface area (Å²) in [6, 6.07) is 14.4. The largest absolute Gasteiger partial charge is 0.306 e. The van der Waals surface area contributed by atoms with Crippen LogP contribution in [0.5, 0.6) is 0 Å². The van der Waals surface area contributed by atoms with Crippen molar-refractivity contribution in [3.63, 3.8) is 0 Å². The Morgan fingerprint density at radius 1 is 1.11 bits per heavy atom. The lowest BCUT2D eigenvalue weighted by Crippen LogP contribution is -2.05. The van der Waals surface area contributed by atoms with E-state index in [0.717, 1.165) is 5.56 Å². The Kier molecular flexibility index (Phi) is 4.31. The molecule has 0 amide bonds. The van der Waals surface area contributed by atoms with E-state index in [4.69, 9.17) is 11.6 Å². The normalized spacial score (nSPS) is 10.8. The standard InChI is InChI=1S/C14H12ClFN2/c15-13-7-4-8-14(16)12(13)10-18-17-9-11-5-2-1-3-6-11/h1-8,10,17H,9H2/b18-10-. The Hall–Kier alpha value is -1.87. The lowest BCUT2D eigenvalue weighted by atomic mass is 10.2. The Bertz CT molecular complexity index is 520. The minimum Gasteiger partial charge on any atom is -0.306 e. The molecular weight excluding hydrogens is 251 g/mol. The molecule has 0 saturated heterocycles. The predicted molar refractivity (Wildman–Crippen MR) is 72.3 cm³/mol. The third-order valence-electron chi connectivity index (χ3n) is 2.41. The molecule has 92 valence electrons. The average Bonchev–Trinajstić information content (AvgIpc) is 2.38. The molecule has 2 nitrogen and oxygen atoms in total. The van der Waals surface area contributed by atoms with Crippen LogP contribution in [0.25, 0.3) is 0 Å².